The lowest BCUT2D eigenvalue weighted by Crippen LogP contribution is -2.41. The number of nitro benzene ring substituents is 1. The van der Waals surface area contributed by atoms with Crippen molar-refractivity contribution in [1.82, 2.24) is 10.6 Å². The van der Waals surface area contributed by atoms with Crippen LogP contribution in [0.5, 0.6) is 5.75 Å². The first-order valence-electron chi connectivity index (χ1n) is 12.1. The van der Waals surface area contributed by atoms with Crippen LogP contribution in [0.1, 0.15) is 37.8 Å². The number of nitrogens with one attached hydrogen (secondary N) is 2. The maximum Gasteiger partial charge on any atom is 0.336 e. The fraction of sp³-hybridized carbons (Fsp3) is 0.333. The normalized spacial score (nSPS) is 16.1. The van der Waals surface area contributed by atoms with Crippen LogP contribution in [0.4, 0.5) is 5.69 Å². The van der Waals surface area contributed by atoms with E-state index in [4.69, 9.17) is 9.47 Å². The van der Waals surface area contributed by atoms with Gasteiger partial charge >= 0.3 is 11.9 Å². The number of ether oxygens (including phenoxy) is 2. The number of rotatable bonds is 11. The number of phenolic OH excluding ortho intramolecular Hbond substituents is 1. The number of thioether (sulfide) groups is 1. The van der Waals surface area contributed by atoms with Crippen LogP contribution in [0.25, 0.3) is 0 Å². The maximum absolute atomic E-state index is 13.5. The summed E-state index contributed by atoms with van der Waals surface area (Å²) < 4.78 is 10.7. The molecule has 0 bridgehead atoms. The van der Waals surface area contributed by atoms with Gasteiger partial charge in [-0.3, -0.25) is 15.4 Å². The summed E-state index contributed by atoms with van der Waals surface area (Å²) in [7, 11) is 0. The molecule has 0 saturated heterocycles. The molecule has 0 aromatic heterocycles. The van der Waals surface area contributed by atoms with E-state index in [0.717, 1.165) is 0 Å². The fourth-order valence-corrected chi connectivity index (χ4v) is 4.97. The zero-order valence-electron chi connectivity index (χ0n) is 21.6. The molecule has 11 heteroatoms. The van der Waals surface area contributed by atoms with Gasteiger partial charge < -0.3 is 19.9 Å². The van der Waals surface area contributed by atoms with Gasteiger partial charge in [0, 0.05) is 29.9 Å². The number of benzene rings is 2. The molecule has 2 atom stereocenters. The third-order valence-corrected chi connectivity index (χ3v) is 6.84. The van der Waals surface area contributed by atoms with Gasteiger partial charge in [-0.05, 0) is 38.7 Å². The number of carbonyl (C=O) groups is 2. The highest BCUT2D eigenvalue weighted by molar-refractivity contribution is 7.99. The molecule has 0 aliphatic carbocycles. The summed E-state index contributed by atoms with van der Waals surface area (Å²) in [4.78, 5) is 37.7. The van der Waals surface area contributed by atoms with Crippen LogP contribution in [0.3, 0.4) is 0 Å². The number of dihydropyridines is 1. The Bertz CT molecular complexity index is 1270. The van der Waals surface area contributed by atoms with Gasteiger partial charge in [0.25, 0.3) is 5.69 Å². The number of carbonyl (C=O) groups excluding carboxylic acids is 2. The molecule has 1 aliphatic rings. The van der Waals surface area contributed by atoms with Gasteiger partial charge in [0.05, 0.1) is 46.3 Å². The van der Waals surface area contributed by atoms with Crippen LogP contribution >= 0.6 is 11.8 Å². The van der Waals surface area contributed by atoms with Gasteiger partial charge in [-0.25, -0.2) is 9.59 Å². The Labute approximate surface area is 225 Å². The number of hydrogen-bond acceptors (Lipinski definition) is 10. The van der Waals surface area contributed by atoms with Crippen molar-refractivity contribution in [2.24, 2.45) is 0 Å². The minimum atomic E-state index is -0.981. The molecule has 2 aromatic rings. The van der Waals surface area contributed by atoms with E-state index in [2.05, 4.69) is 10.6 Å². The number of hydrogen-bond donors (Lipinski definition) is 3. The smallest absolute Gasteiger partial charge is 0.336 e. The van der Waals surface area contributed by atoms with E-state index in [1.165, 1.54) is 30.0 Å². The van der Waals surface area contributed by atoms with Crippen LogP contribution < -0.4 is 10.6 Å². The summed E-state index contributed by atoms with van der Waals surface area (Å²) in [5, 5.41) is 27.8. The lowest BCUT2D eigenvalue weighted by molar-refractivity contribution is -0.384. The molecule has 0 amide bonds. The molecule has 202 valence electrons. The van der Waals surface area contributed by atoms with E-state index in [0.29, 0.717) is 22.5 Å². The van der Waals surface area contributed by atoms with Gasteiger partial charge in [0.1, 0.15) is 5.75 Å². The highest BCUT2D eigenvalue weighted by atomic mass is 32.2. The second-order valence-corrected chi connectivity index (χ2v) is 9.29. The van der Waals surface area contributed by atoms with E-state index >= 15 is 0 Å². The lowest BCUT2D eigenvalue weighted by atomic mass is 9.80. The zero-order valence-corrected chi connectivity index (χ0v) is 22.5. The standard InChI is InChI=1S/C27H31N3O7S/c1-5-36-26(32)21-16(3)29-24(25(38-4)28-15-18-10-7-8-13-20(18)31)23(27(33)37-6-2)22(21)17-11-9-12-19(14-17)30(34)35/h7-14,22,25,28-29,31H,5-6,15H2,1-4H3. The molecule has 0 saturated carbocycles. The molecule has 0 fully saturated rings. The van der Waals surface area contributed by atoms with Crippen molar-refractivity contribution < 1.29 is 29.1 Å². The van der Waals surface area contributed by atoms with Crippen LogP contribution in [0.15, 0.2) is 71.1 Å². The number of para-hydroxylation sites is 1. The first-order valence-corrected chi connectivity index (χ1v) is 13.4. The Morgan fingerprint density at radius 3 is 2.37 bits per heavy atom. The summed E-state index contributed by atoms with van der Waals surface area (Å²) in [6.45, 7) is 5.52. The van der Waals surface area contributed by atoms with Crippen LogP contribution in [-0.2, 0) is 25.6 Å². The summed E-state index contributed by atoms with van der Waals surface area (Å²) in [5.41, 5.74) is 2.08. The number of allylic oxidation sites excluding steroid dienone is 1. The third kappa shape index (κ3) is 6.35. The minimum absolute atomic E-state index is 0.0873. The monoisotopic (exact) mass is 541 g/mol. The Morgan fingerprint density at radius 2 is 1.76 bits per heavy atom. The van der Waals surface area contributed by atoms with E-state index in [1.54, 1.807) is 45.0 Å². The molecule has 2 unspecified atom stereocenters. The number of esters is 2. The molecule has 3 N–H and O–H groups in total. The van der Waals surface area contributed by atoms with Crippen LogP contribution in [0.2, 0.25) is 0 Å². The number of aromatic hydroxyl groups is 1. The number of non-ortho nitro benzene ring substituents is 1. The topological polar surface area (TPSA) is 140 Å². The van der Waals surface area contributed by atoms with Crippen molar-refractivity contribution in [2.75, 3.05) is 19.5 Å². The number of nitro groups is 1. The van der Waals surface area contributed by atoms with E-state index < -0.39 is 28.2 Å². The van der Waals surface area contributed by atoms with Gasteiger partial charge in [0.2, 0.25) is 0 Å². The molecule has 38 heavy (non-hydrogen) atoms. The van der Waals surface area contributed by atoms with E-state index in [9.17, 15) is 24.8 Å². The fourth-order valence-electron chi connectivity index (χ4n) is 4.29. The molecule has 0 radical (unpaired) electrons. The molecule has 1 aliphatic heterocycles. The number of nitrogens with zero attached hydrogens (tertiary/aromatic N) is 1. The molecular weight excluding hydrogens is 510 g/mol. The first-order chi connectivity index (χ1) is 18.2. The van der Waals surface area contributed by atoms with Gasteiger partial charge in [0.15, 0.2) is 0 Å². The second kappa shape index (κ2) is 13.1. The highest BCUT2D eigenvalue weighted by Gasteiger charge is 2.41. The van der Waals surface area contributed by atoms with Crippen molar-refractivity contribution in [1.29, 1.82) is 0 Å². The Hall–Kier alpha value is -3.83. The molecule has 0 spiro atoms. The average molecular weight is 542 g/mol. The second-order valence-electron chi connectivity index (χ2n) is 8.34. The summed E-state index contributed by atoms with van der Waals surface area (Å²) >= 11 is 1.40. The molecule has 3 rings (SSSR count). The molecular formula is C27H31N3O7S. The molecule has 1 heterocycles. The quantitative estimate of drug-likeness (QED) is 0.165. The number of phenols is 1. The van der Waals surface area contributed by atoms with Crippen molar-refractivity contribution in [3.8, 4) is 5.75 Å². The predicted octanol–water partition coefficient (Wildman–Crippen LogP) is 4.12. The maximum atomic E-state index is 13.5. The van der Waals surface area contributed by atoms with E-state index in [-0.39, 0.29) is 42.3 Å². The van der Waals surface area contributed by atoms with Gasteiger partial charge in [-0.1, -0.05) is 30.3 Å². The minimum Gasteiger partial charge on any atom is -0.508 e. The van der Waals surface area contributed by atoms with Crippen molar-refractivity contribution >= 4 is 29.4 Å². The van der Waals surface area contributed by atoms with Gasteiger partial charge in [-0.15, -0.1) is 11.8 Å². The van der Waals surface area contributed by atoms with Crippen molar-refractivity contribution in [2.45, 2.75) is 38.6 Å². The summed E-state index contributed by atoms with van der Waals surface area (Å²) in [5.74, 6) is -2.15. The SMILES string of the molecule is CCOC(=O)C1=C(C)NC(C(NCc2ccccc2O)SC)=C(C(=O)OCC)C1c1cccc([N+](=O)[O-])c1. The lowest BCUT2D eigenvalue weighted by Gasteiger charge is -2.34. The zero-order chi connectivity index (χ0) is 27.8. The van der Waals surface area contributed by atoms with Crippen molar-refractivity contribution in [3.63, 3.8) is 0 Å². The van der Waals surface area contributed by atoms with Crippen molar-refractivity contribution in [3.05, 3.63) is 92.3 Å². The third-order valence-electron chi connectivity index (χ3n) is 5.97. The molecule has 10 nitrogen and oxygen atoms in total. The average Bonchev–Trinajstić information content (AvgIpc) is 2.89. The molecule has 2 aromatic carbocycles. The summed E-state index contributed by atoms with van der Waals surface area (Å²) in [6.07, 6.45) is 1.85. The summed E-state index contributed by atoms with van der Waals surface area (Å²) in [6, 6.07) is 12.7. The predicted molar refractivity (Wildman–Crippen MR) is 144 cm³/mol. The van der Waals surface area contributed by atoms with E-state index in [1.807, 2.05) is 12.3 Å². The Morgan fingerprint density at radius 1 is 1.11 bits per heavy atom. The van der Waals surface area contributed by atoms with Gasteiger partial charge in [-0.2, -0.15) is 0 Å². The van der Waals surface area contributed by atoms with Crippen LogP contribution in [-0.4, -0.2) is 46.8 Å². The first kappa shape index (κ1) is 28.7. The van der Waals surface area contributed by atoms with Crippen LogP contribution in [0, 0.1) is 10.1 Å². The largest absolute Gasteiger partial charge is 0.508 e. The Kier molecular flexibility index (Phi) is 9.91. The highest BCUT2D eigenvalue weighted by Crippen LogP contribution is 2.42. The Balaban J connectivity index is 2.20.